The van der Waals surface area contributed by atoms with Gasteiger partial charge in [0.25, 0.3) is 0 Å². The number of fused-ring (bicyclic) bond motifs is 1. The first-order valence-electron chi connectivity index (χ1n) is 8.06. The Morgan fingerprint density at radius 3 is 2.38 bits per heavy atom. The molecule has 0 aromatic heterocycles. The number of benzene rings is 2. The van der Waals surface area contributed by atoms with Gasteiger partial charge in [-0.15, -0.1) is 0 Å². The van der Waals surface area contributed by atoms with Gasteiger partial charge < -0.3 is 24.4 Å². The molecule has 2 aromatic carbocycles. The van der Waals surface area contributed by atoms with E-state index in [-0.39, 0.29) is 48.9 Å². The smallest absolute Gasteiger partial charge is 0.204 e. The van der Waals surface area contributed by atoms with Crippen LogP contribution in [0.15, 0.2) is 30.3 Å². The van der Waals surface area contributed by atoms with Crippen LogP contribution in [0, 0.1) is 0 Å². The number of Topliss-reactive ketones (excluding diaryl/α,β-unsaturated/α-hetero) is 2. The largest absolute Gasteiger partial charge is 0.507 e. The van der Waals surface area contributed by atoms with Gasteiger partial charge in [0, 0.05) is 24.5 Å². The zero-order chi connectivity index (χ0) is 18.7. The van der Waals surface area contributed by atoms with Crippen LogP contribution in [0.2, 0.25) is 0 Å². The molecular weight excluding hydrogens is 340 g/mol. The molecule has 136 valence electrons. The van der Waals surface area contributed by atoms with Crippen LogP contribution in [0.4, 0.5) is 0 Å². The number of carbonyl (C=O) groups excluding carboxylic acids is 2. The van der Waals surface area contributed by atoms with Gasteiger partial charge in [-0.1, -0.05) is 0 Å². The number of carbonyl (C=O) groups is 2. The Hall–Kier alpha value is -3.22. The van der Waals surface area contributed by atoms with Crippen molar-refractivity contribution in [1.82, 2.24) is 0 Å². The summed E-state index contributed by atoms with van der Waals surface area (Å²) in [5, 5.41) is 20.3. The van der Waals surface area contributed by atoms with Crippen molar-refractivity contribution in [3.05, 3.63) is 41.5 Å². The molecule has 0 spiro atoms. The molecule has 0 atom stereocenters. The lowest BCUT2D eigenvalue weighted by molar-refractivity contribution is 0.0912. The zero-order valence-corrected chi connectivity index (χ0v) is 14.2. The lowest BCUT2D eigenvalue weighted by Gasteiger charge is -2.21. The van der Waals surface area contributed by atoms with Gasteiger partial charge in [-0.05, 0) is 24.3 Å². The molecule has 2 N–H and O–H groups in total. The standard InChI is InChI=1S/C19H18O7/c1-24-12-4-2-11(3-5-12)13(20)6-7-14(21)17-15(22)10-16-19(18(17)23)26-9-8-25-16/h2-5,10,22-23H,6-9H2,1H3. The lowest BCUT2D eigenvalue weighted by Crippen LogP contribution is -2.16. The number of rotatable bonds is 6. The normalized spacial score (nSPS) is 12.5. The van der Waals surface area contributed by atoms with Gasteiger partial charge in [0.2, 0.25) is 5.75 Å². The number of ketones is 2. The molecule has 26 heavy (non-hydrogen) atoms. The van der Waals surface area contributed by atoms with Crippen molar-refractivity contribution in [1.29, 1.82) is 0 Å². The topological polar surface area (TPSA) is 102 Å². The first-order chi connectivity index (χ1) is 12.5. The highest BCUT2D eigenvalue weighted by Gasteiger charge is 2.26. The van der Waals surface area contributed by atoms with Gasteiger partial charge in [0.15, 0.2) is 23.1 Å². The van der Waals surface area contributed by atoms with Crippen molar-refractivity contribution in [3.8, 4) is 28.7 Å². The van der Waals surface area contributed by atoms with Crippen LogP contribution < -0.4 is 14.2 Å². The van der Waals surface area contributed by atoms with Crippen molar-refractivity contribution in [2.75, 3.05) is 20.3 Å². The van der Waals surface area contributed by atoms with E-state index in [1.165, 1.54) is 13.2 Å². The molecule has 0 bridgehead atoms. The third-order valence-corrected chi connectivity index (χ3v) is 4.06. The predicted molar refractivity (Wildman–Crippen MR) is 91.7 cm³/mol. The van der Waals surface area contributed by atoms with Gasteiger partial charge in [0.1, 0.15) is 30.3 Å². The van der Waals surface area contributed by atoms with E-state index < -0.39 is 17.3 Å². The number of hydrogen-bond acceptors (Lipinski definition) is 7. The molecule has 1 aliphatic heterocycles. The molecule has 0 saturated heterocycles. The molecule has 2 aromatic rings. The average molecular weight is 358 g/mol. The van der Waals surface area contributed by atoms with E-state index in [0.717, 1.165) is 0 Å². The highest BCUT2D eigenvalue weighted by atomic mass is 16.6. The summed E-state index contributed by atoms with van der Waals surface area (Å²) in [4.78, 5) is 24.6. The van der Waals surface area contributed by atoms with E-state index in [4.69, 9.17) is 14.2 Å². The Morgan fingerprint density at radius 2 is 1.69 bits per heavy atom. The second-order valence-electron chi connectivity index (χ2n) is 5.72. The number of phenolic OH excluding ortho intramolecular Hbond substituents is 2. The summed E-state index contributed by atoms with van der Waals surface area (Å²) in [5.41, 5.74) is 0.186. The molecule has 1 heterocycles. The highest BCUT2D eigenvalue weighted by Crippen LogP contribution is 2.46. The van der Waals surface area contributed by atoms with Crippen molar-refractivity contribution in [2.45, 2.75) is 12.8 Å². The van der Waals surface area contributed by atoms with Gasteiger partial charge in [-0.2, -0.15) is 0 Å². The summed E-state index contributed by atoms with van der Waals surface area (Å²) < 4.78 is 15.6. The van der Waals surface area contributed by atoms with Crippen LogP contribution in [0.3, 0.4) is 0 Å². The number of phenols is 2. The number of methoxy groups -OCH3 is 1. The van der Waals surface area contributed by atoms with Crippen molar-refractivity contribution >= 4 is 11.6 Å². The molecule has 7 nitrogen and oxygen atoms in total. The Bertz CT molecular complexity index is 840. The van der Waals surface area contributed by atoms with Gasteiger partial charge in [-0.25, -0.2) is 0 Å². The summed E-state index contributed by atoms with van der Waals surface area (Å²) in [6, 6.07) is 7.78. The van der Waals surface area contributed by atoms with E-state index in [1.807, 2.05) is 0 Å². The second-order valence-corrected chi connectivity index (χ2v) is 5.72. The molecule has 0 aliphatic carbocycles. The molecule has 0 amide bonds. The maximum atomic E-state index is 12.4. The maximum absolute atomic E-state index is 12.4. The van der Waals surface area contributed by atoms with Gasteiger partial charge in [0.05, 0.1) is 7.11 Å². The maximum Gasteiger partial charge on any atom is 0.204 e. The average Bonchev–Trinajstić information content (AvgIpc) is 2.66. The zero-order valence-electron chi connectivity index (χ0n) is 14.2. The molecular formula is C19H18O7. The first kappa shape index (κ1) is 17.6. The van der Waals surface area contributed by atoms with E-state index in [0.29, 0.717) is 11.3 Å². The summed E-state index contributed by atoms with van der Waals surface area (Å²) in [6.45, 7) is 0.518. The number of ether oxygens (including phenoxy) is 3. The number of aromatic hydroxyl groups is 2. The van der Waals surface area contributed by atoms with Gasteiger partial charge >= 0.3 is 0 Å². The summed E-state index contributed by atoms with van der Waals surface area (Å²) in [6.07, 6.45) is -0.218. The van der Waals surface area contributed by atoms with Crippen LogP contribution in [0.1, 0.15) is 33.6 Å². The molecule has 0 unspecified atom stereocenters. The summed E-state index contributed by atoms with van der Waals surface area (Å²) in [5.74, 6) is -0.827. The summed E-state index contributed by atoms with van der Waals surface area (Å²) >= 11 is 0. The Morgan fingerprint density at radius 1 is 1.04 bits per heavy atom. The van der Waals surface area contributed by atoms with Gasteiger partial charge in [-0.3, -0.25) is 9.59 Å². The van der Waals surface area contributed by atoms with Crippen molar-refractivity contribution in [2.24, 2.45) is 0 Å². The molecule has 3 rings (SSSR count). The third-order valence-electron chi connectivity index (χ3n) is 4.06. The Balaban J connectivity index is 1.73. The van der Waals surface area contributed by atoms with Crippen molar-refractivity contribution in [3.63, 3.8) is 0 Å². The van der Waals surface area contributed by atoms with E-state index in [1.54, 1.807) is 24.3 Å². The second kappa shape index (κ2) is 7.35. The van der Waals surface area contributed by atoms with E-state index in [9.17, 15) is 19.8 Å². The Kier molecular flexibility index (Phi) is 4.97. The lowest BCUT2D eigenvalue weighted by atomic mass is 9.99. The third kappa shape index (κ3) is 3.42. The van der Waals surface area contributed by atoms with Crippen molar-refractivity contribution < 1.29 is 34.0 Å². The van der Waals surface area contributed by atoms with Crippen LogP contribution in [0.25, 0.3) is 0 Å². The molecule has 7 heteroatoms. The molecule has 0 fully saturated rings. The predicted octanol–water partition coefficient (Wildman–Crippen LogP) is 2.72. The SMILES string of the molecule is COc1ccc(C(=O)CCC(=O)c2c(O)cc3c(c2O)OCCO3)cc1. The number of hydrogen-bond donors (Lipinski definition) is 2. The quantitative estimate of drug-likeness (QED) is 0.765. The fourth-order valence-corrected chi connectivity index (χ4v) is 2.70. The highest BCUT2D eigenvalue weighted by molar-refractivity contribution is 6.05. The summed E-state index contributed by atoms with van der Waals surface area (Å²) in [7, 11) is 1.53. The monoisotopic (exact) mass is 358 g/mol. The Labute approximate surface area is 149 Å². The van der Waals surface area contributed by atoms with E-state index >= 15 is 0 Å². The molecule has 0 radical (unpaired) electrons. The van der Waals surface area contributed by atoms with Crippen LogP contribution >= 0.6 is 0 Å². The minimum absolute atomic E-state index is 0.0267. The molecule has 1 aliphatic rings. The van der Waals surface area contributed by atoms with Crippen LogP contribution in [-0.4, -0.2) is 42.1 Å². The van der Waals surface area contributed by atoms with Crippen LogP contribution in [-0.2, 0) is 0 Å². The van der Waals surface area contributed by atoms with E-state index in [2.05, 4.69) is 0 Å². The fraction of sp³-hybridized carbons (Fsp3) is 0.263. The fourth-order valence-electron chi connectivity index (χ4n) is 2.70. The molecule has 0 saturated carbocycles. The minimum Gasteiger partial charge on any atom is -0.507 e. The minimum atomic E-state index is -0.557. The first-order valence-corrected chi connectivity index (χ1v) is 8.06. The van der Waals surface area contributed by atoms with Crippen LogP contribution in [0.5, 0.6) is 28.7 Å².